The molecule has 1 atom stereocenters. The van der Waals surface area contributed by atoms with Gasteiger partial charge in [-0.05, 0) is 47.5 Å². The fraction of sp³-hybridized carbons (Fsp3) is 0.333. The van der Waals surface area contributed by atoms with Crippen LogP contribution in [0.4, 0.5) is 10.1 Å². The first-order valence-electron chi connectivity index (χ1n) is 5.59. The summed E-state index contributed by atoms with van der Waals surface area (Å²) < 4.78 is 13.3. The standard InChI is InChI=1S/C12H15BrFN3O2/c1-3-12(2,10(15)17-19)11(18)16-7-4-5-9(14)8(13)6-7/h4-6,19H,3H2,1-2H3,(H2,15,17)(H,16,18). The second-order valence-corrected chi connectivity index (χ2v) is 5.11. The number of benzene rings is 1. The monoisotopic (exact) mass is 331 g/mol. The zero-order valence-electron chi connectivity index (χ0n) is 10.6. The molecule has 0 bridgehead atoms. The fourth-order valence-corrected chi connectivity index (χ4v) is 1.79. The van der Waals surface area contributed by atoms with Gasteiger partial charge in [0.25, 0.3) is 0 Å². The van der Waals surface area contributed by atoms with E-state index in [1.165, 1.54) is 18.2 Å². The van der Waals surface area contributed by atoms with Crippen molar-refractivity contribution >= 4 is 33.4 Å². The molecule has 1 rings (SSSR count). The molecule has 0 aliphatic rings. The Hall–Kier alpha value is -1.63. The Morgan fingerprint density at radius 1 is 1.63 bits per heavy atom. The molecule has 1 amide bonds. The summed E-state index contributed by atoms with van der Waals surface area (Å²) in [5.74, 6) is -1.02. The quantitative estimate of drug-likeness (QED) is 0.343. The van der Waals surface area contributed by atoms with Crippen LogP contribution in [0.15, 0.2) is 27.8 Å². The van der Waals surface area contributed by atoms with E-state index in [1.54, 1.807) is 13.8 Å². The highest BCUT2D eigenvalue weighted by atomic mass is 79.9. The minimum Gasteiger partial charge on any atom is -0.409 e. The van der Waals surface area contributed by atoms with Crippen molar-refractivity contribution in [1.29, 1.82) is 0 Å². The SMILES string of the molecule is CCC(C)(C(=O)Nc1ccc(F)c(Br)c1)/C(N)=N/O. The second kappa shape index (κ2) is 6.01. The van der Waals surface area contributed by atoms with Crippen LogP contribution in [0.1, 0.15) is 20.3 Å². The van der Waals surface area contributed by atoms with Crippen LogP contribution in [0, 0.1) is 11.2 Å². The lowest BCUT2D eigenvalue weighted by Gasteiger charge is -2.25. The predicted octanol–water partition coefficient (Wildman–Crippen LogP) is 2.69. The van der Waals surface area contributed by atoms with Crippen molar-refractivity contribution in [1.82, 2.24) is 0 Å². The Balaban J connectivity index is 2.98. The molecule has 1 unspecified atom stereocenters. The van der Waals surface area contributed by atoms with Gasteiger partial charge in [-0.3, -0.25) is 4.79 Å². The van der Waals surface area contributed by atoms with Crippen molar-refractivity contribution in [3.8, 4) is 0 Å². The molecule has 19 heavy (non-hydrogen) atoms. The van der Waals surface area contributed by atoms with Gasteiger partial charge in [-0.15, -0.1) is 0 Å². The third kappa shape index (κ3) is 3.23. The highest BCUT2D eigenvalue weighted by Crippen LogP contribution is 2.25. The first-order chi connectivity index (χ1) is 8.85. The van der Waals surface area contributed by atoms with Crippen molar-refractivity contribution < 1.29 is 14.4 Å². The predicted molar refractivity (Wildman–Crippen MR) is 74.5 cm³/mol. The number of hydrogen-bond donors (Lipinski definition) is 3. The third-order valence-corrected chi connectivity index (χ3v) is 3.67. The summed E-state index contributed by atoms with van der Waals surface area (Å²) in [4.78, 5) is 12.2. The van der Waals surface area contributed by atoms with E-state index < -0.39 is 17.1 Å². The van der Waals surface area contributed by atoms with Crippen molar-refractivity contribution in [2.75, 3.05) is 5.32 Å². The van der Waals surface area contributed by atoms with Gasteiger partial charge in [0.15, 0.2) is 5.84 Å². The molecule has 0 aliphatic heterocycles. The van der Waals surface area contributed by atoms with E-state index in [0.29, 0.717) is 12.1 Å². The van der Waals surface area contributed by atoms with Crippen LogP contribution in [0.3, 0.4) is 0 Å². The van der Waals surface area contributed by atoms with E-state index in [2.05, 4.69) is 26.4 Å². The Morgan fingerprint density at radius 3 is 2.74 bits per heavy atom. The van der Waals surface area contributed by atoms with E-state index in [0.717, 1.165) is 0 Å². The van der Waals surface area contributed by atoms with E-state index in [1.807, 2.05) is 0 Å². The molecule has 0 saturated heterocycles. The molecule has 1 aromatic rings. The van der Waals surface area contributed by atoms with E-state index >= 15 is 0 Å². The number of halogens is 2. The summed E-state index contributed by atoms with van der Waals surface area (Å²) in [7, 11) is 0. The smallest absolute Gasteiger partial charge is 0.238 e. The minimum absolute atomic E-state index is 0.173. The maximum absolute atomic E-state index is 13.1. The molecule has 0 heterocycles. The van der Waals surface area contributed by atoms with E-state index in [-0.39, 0.29) is 10.3 Å². The molecule has 4 N–H and O–H groups in total. The molecule has 0 fully saturated rings. The van der Waals surface area contributed by atoms with E-state index in [4.69, 9.17) is 10.9 Å². The van der Waals surface area contributed by atoms with Gasteiger partial charge in [0.05, 0.1) is 4.47 Å². The zero-order chi connectivity index (χ0) is 14.6. The summed E-state index contributed by atoms with van der Waals surface area (Å²) in [6.07, 6.45) is 0.358. The molecule has 0 radical (unpaired) electrons. The van der Waals surface area contributed by atoms with Crippen molar-refractivity contribution in [3.05, 3.63) is 28.5 Å². The molecule has 5 nitrogen and oxygen atoms in total. The Kier molecular flexibility index (Phi) is 4.88. The number of hydrogen-bond acceptors (Lipinski definition) is 3. The van der Waals surface area contributed by atoms with Crippen LogP contribution in [-0.2, 0) is 4.79 Å². The lowest BCUT2D eigenvalue weighted by Crippen LogP contribution is -2.44. The van der Waals surface area contributed by atoms with Gasteiger partial charge in [-0.1, -0.05) is 12.1 Å². The largest absolute Gasteiger partial charge is 0.409 e. The molecule has 7 heteroatoms. The average Bonchev–Trinajstić information content (AvgIpc) is 2.40. The number of amides is 1. The van der Waals surface area contributed by atoms with Crippen LogP contribution in [0.2, 0.25) is 0 Å². The second-order valence-electron chi connectivity index (χ2n) is 4.25. The van der Waals surface area contributed by atoms with Gasteiger partial charge in [0.1, 0.15) is 11.2 Å². The number of carbonyl (C=O) groups excluding carboxylic acids is 1. The van der Waals surface area contributed by atoms with Gasteiger partial charge in [0.2, 0.25) is 5.91 Å². The maximum Gasteiger partial charge on any atom is 0.238 e. The number of nitrogens with zero attached hydrogens (tertiary/aromatic N) is 1. The minimum atomic E-state index is -1.13. The summed E-state index contributed by atoms with van der Waals surface area (Å²) in [6, 6.07) is 4.10. The normalized spacial score (nSPS) is 14.8. The van der Waals surface area contributed by atoms with Gasteiger partial charge in [0, 0.05) is 5.69 Å². The first kappa shape index (κ1) is 15.4. The lowest BCUT2D eigenvalue weighted by atomic mass is 9.85. The Labute approximate surface area is 118 Å². The van der Waals surface area contributed by atoms with Gasteiger partial charge < -0.3 is 16.3 Å². The lowest BCUT2D eigenvalue weighted by molar-refractivity contribution is -0.121. The molecule has 0 aliphatic carbocycles. The number of anilines is 1. The van der Waals surface area contributed by atoms with Crippen molar-refractivity contribution in [2.45, 2.75) is 20.3 Å². The summed E-state index contributed by atoms with van der Waals surface area (Å²) in [6.45, 7) is 3.31. The number of rotatable bonds is 4. The molecule has 1 aromatic carbocycles. The summed E-state index contributed by atoms with van der Waals surface area (Å²) in [5.41, 5.74) is 4.83. The highest BCUT2D eigenvalue weighted by molar-refractivity contribution is 9.10. The summed E-state index contributed by atoms with van der Waals surface area (Å²) in [5, 5.41) is 14.2. The van der Waals surface area contributed by atoms with Crippen molar-refractivity contribution in [3.63, 3.8) is 0 Å². The Bertz CT molecular complexity index is 522. The third-order valence-electron chi connectivity index (χ3n) is 3.06. The zero-order valence-corrected chi connectivity index (χ0v) is 12.2. The van der Waals surface area contributed by atoms with Crippen LogP contribution in [-0.4, -0.2) is 17.0 Å². The van der Waals surface area contributed by atoms with Crippen LogP contribution >= 0.6 is 15.9 Å². The van der Waals surface area contributed by atoms with Gasteiger partial charge in [-0.25, -0.2) is 4.39 Å². The topological polar surface area (TPSA) is 87.7 Å². The Morgan fingerprint density at radius 2 is 2.26 bits per heavy atom. The molecular formula is C12H15BrFN3O2. The van der Waals surface area contributed by atoms with Crippen molar-refractivity contribution in [2.24, 2.45) is 16.3 Å². The molecule has 0 spiro atoms. The number of amidine groups is 1. The number of nitrogens with one attached hydrogen (secondary N) is 1. The molecular weight excluding hydrogens is 317 g/mol. The number of nitrogens with two attached hydrogens (primary N) is 1. The van der Waals surface area contributed by atoms with Gasteiger partial charge in [-0.2, -0.15) is 0 Å². The maximum atomic E-state index is 13.1. The first-order valence-corrected chi connectivity index (χ1v) is 6.39. The van der Waals surface area contributed by atoms with E-state index in [9.17, 15) is 9.18 Å². The van der Waals surface area contributed by atoms with Crippen LogP contribution in [0.5, 0.6) is 0 Å². The molecule has 0 aromatic heterocycles. The van der Waals surface area contributed by atoms with Crippen LogP contribution < -0.4 is 11.1 Å². The average molecular weight is 332 g/mol. The van der Waals surface area contributed by atoms with Gasteiger partial charge >= 0.3 is 0 Å². The molecule has 104 valence electrons. The fourth-order valence-electron chi connectivity index (χ4n) is 1.41. The summed E-state index contributed by atoms with van der Waals surface area (Å²) >= 11 is 3.03. The number of carbonyl (C=O) groups is 1. The highest BCUT2D eigenvalue weighted by Gasteiger charge is 2.36. The molecule has 0 saturated carbocycles. The number of oxime groups is 1. The van der Waals surface area contributed by atoms with Crippen LogP contribution in [0.25, 0.3) is 0 Å².